The smallest absolute Gasteiger partial charge is 0.252 e. The Hall–Kier alpha value is -1.12. The first-order valence-electron chi connectivity index (χ1n) is 8.08. The predicted octanol–water partition coefficient (Wildman–Crippen LogP) is 3.94. The van der Waals surface area contributed by atoms with E-state index in [9.17, 15) is 13.2 Å². The van der Waals surface area contributed by atoms with Crippen LogP contribution in [0.5, 0.6) is 0 Å². The van der Waals surface area contributed by atoms with Crippen molar-refractivity contribution < 1.29 is 13.2 Å². The SMILES string of the molecule is CCN(CC)S(=O)(=O)c1ccc(CNC(=O)Cc2c(Cl)cccc2Cl)s1. The number of carbonyl (C=O) groups is 1. The van der Waals surface area contributed by atoms with Crippen molar-refractivity contribution in [2.45, 2.75) is 31.0 Å². The van der Waals surface area contributed by atoms with Gasteiger partial charge in [0.1, 0.15) is 4.21 Å². The van der Waals surface area contributed by atoms with Crippen LogP contribution >= 0.6 is 34.5 Å². The number of sulfonamides is 1. The molecule has 0 saturated carbocycles. The first-order valence-corrected chi connectivity index (χ1v) is 11.1. The van der Waals surface area contributed by atoms with Gasteiger partial charge in [-0.15, -0.1) is 11.3 Å². The van der Waals surface area contributed by atoms with E-state index >= 15 is 0 Å². The van der Waals surface area contributed by atoms with Crippen LogP contribution in [0.2, 0.25) is 10.0 Å². The Balaban J connectivity index is 2.01. The number of nitrogens with zero attached hydrogens (tertiary/aromatic N) is 1. The second-order valence-corrected chi connectivity index (χ2v) is 9.61. The van der Waals surface area contributed by atoms with Crippen molar-refractivity contribution in [1.29, 1.82) is 0 Å². The summed E-state index contributed by atoms with van der Waals surface area (Å²) in [6.45, 7) is 4.69. The standard InChI is InChI=1S/C17H20Cl2N2O3S2/c1-3-21(4-2)26(23,24)17-9-8-12(25-17)11-20-16(22)10-13-14(18)6-5-7-15(13)19/h5-9H,3-4,10-11H2,1-2H3,(H,20,22). The van der Waals surface area contributed by atoms with E-state index in [1.54, 1.807) is 44.2 Å². The molecule has 2 rings (SSSR count). The van der Waals surface area contributed by atoms with Gasteiger partial charge < -0.3 is 5.32 Å². The van der Waals surface area contributed by atoms with Crippen molar-refractivity contribution in [3.8, 4) is 0 Å². The Kier molecular flexibility index (Phi) is 7.49. The van der Waals surface area contributed by atoms with Gasteiger partial charge in [0.05, 0.1) is 13.0 Å². The second kappa shape index (κ2) is 9.19. The predicted molar refractivity (Wildman–Crippen MR) is 106 cm³/mol. The molecule has 2 aromatic rings. The highest BCUT2D eigenvalue weighted by Crippen LogP contribution is 2.26. The number of rotatable bonds is 8. The summed E-state index contributed by atoms with van der Waals surface area (Å²) in [7, 11) is -3.47. The summed E-state index contributed by atoms with van der Waals surface area (Å²) in [5.41, 5.74) is 0.573. The Morgan fingerprint density at radius 1 is 1.12 bits per heavy atom. The van der Waals surface area contributed by atoms with Crippen LogP contribution in [-0.2, 0) is 27.8 Å². The summed E-state index contributed by atoms with van der Waals surface area (Å²) >= 11 is 13.3. The van der Waals surface area contributed by atoms with Gasteiger partial charge in [-0.1, -0.05) is 43.1 Å². The molecule has 142 valence electrons. The van der Waals surface area contributed by atoms with Gasteiger partial charge >= 0.3 is 0 Å². The summed E-state index contributed by atoms with van der Waals surface area (Å²) < 4.78 is 26.6. The molecule has 1 N–H and O–H groups in total. The molecular formula is C17H20Cl2N2O3S2. The van der Waals surface area contributed by atoms with Gasteiger partial charge in [0, 0.05) is 28.0 Å². The summed E-state index contributed by atoms with van der Waals surface area (Å²) in [6.07, 6.45) is 0.0640. The normalized spacial score (nSPS) is 11.7. The highest BCUT2D eigenvalue weighted by molar-refractivity contribution is 7.91. The Labute approximate surface area is 168 Å². The molecule has 1 aromatic heterocycles. The van der Waals surface area contributed by atoms with E-state index in [1.807, 2.05) is 0 Å². The van der Waals surface area contributed by atoms with E-state index < -0.39 is 10.0 Å². The Morgan fingerprint density at radius 3 is 2.31 bits per heavy atom. The second-order valence-electron chi connectivity index (χ2n) is 5.46. The van der Waals surface area contributed by atoms with Gasteiger partial charge in [-0.05, 0) is 29.8 Å². The minimum absolute atomic E-state index is 0.0640. The lowest BCUT2D eigenvalue weighted by Crippen LogP contribution is -2.30. The molecule has 0 fully saturated rings. The average Bonchev–Trinajstić information content (AvgIpc) is 3.07. The molecule has 0 spiro atoms. The van der Waals surface area contributed by atoms with E-state index in [-0.39, 0.29) is 23.1 Å². The van der Waals surface area contributed by atoms with Crippen LogP contribution in [-0.4, -0.2) is 31.7 Å². The van der Waals surface area contributed by atoms with Crippen molar-refractivity contribution in [1.82, 2.24) is 9.62 Å². The monoisotopic (exact) mass is 434 g/mol. The Morgan fingerprint density at radius 2 is 1.73 bits per heavy atom. The molecule has 26 heavy (non-hydrogen) atoms. The third kappa shape index (κ3) is 4.98. The van der Waals surface area contributed by atoms with Gasteiger partial charge in [0.15, 0.2) is 0 Å². The van der Waals surface area contributed by atoms with Crippen LogP contribution in [0.15, 0.2) is 34.5 Å². The number of hydrogen-bond acceptors (Lipinski definition) is 4. The van der Waals surface area contributed by atoms with Gasteiger partial charge in [0.2, 0.25) is 5.91 Å². The fourth-order valence-corrected chi connectivity index (χ4v) is 5.83. The molecular weight excluding hydrogens is 415 g/mol. The van der Waals surface area contributed by atoms with E-state index in [4.69, 9.17) is 23.2 Å². The topological polar surface area (TPSA) is 66.5 Å². The van der Waals surface area contributed by atoms with E-state index in [0.29, 0.717) is 28.7 Å². The highest BCUT2D eigenvalue weighted by Gasteiger charge is 2.23. The summed E-state index contributed by atoms with van der Waals surface area (Å²) in [5, 5.41) is 3.65. The first kappa shape index (κ1) is 21.2. The third-order valence-corrected chi connectivity index (χ3v) is 8.11. The minimum atomic E-state index is -3.47. The molecule has 0 aliphatic rings. The zero-order valence-electron chi connectivity index (χ0n) is 14.5. The molecule has 0 radical (unpaired) electrons. The average molecular weight is 435 g/mol. The summed E-state index contributed by atoms with van der Waals surface area (Å²) in [6, 6.07) is 8.36. The largest absolute Gasteiger partial charge is 0.351 e. The van der Waals surface area contributed by atoms with Crippen molar-refractivity contribution in [2.75, 3.05) is 13.1 Å². The van der Waals surface area contributed by atoms with E-state index in [0.717, 1.165) is 16.2 Å². The van der Waals surface area contributed by atoms with Crippen LogP contribution < -0.4 is 5.32 Å². The lowest BCUT2D eigenvalue weighted by Gasteiger charge is -2.16. The van der Waals surface area contributed by atoms with Crippen molar-refractivity contribution in [3.63, 3.8) is 0 Å². The van der Waals surface area contributed by atoms with E-state index in [1.165, 1.54) is 4.31 Å². The maximum Gasteiger partial charge on any atom is 0.252 e. The maximum absolute atomic E-state index is 12.5. The molecule has 0 aliphatic heterocycles. The lowest BCUT2D eigenvalue weighted by atomic mass is 10.1. The van der Waals surface area contributed by atoms with Gasteiger partial charge in [-0.2, -0.15) is 4.31 Å². The molecule has 0 saturated heterocycles. The fraction of sp³-hybridized carbons (Fsp3) is 0.353. The molecule has 0 bridgehead atoms. The number of hydrogen-bond donors (Lipinski definition) is 1. The number of halogens is 2. The van der Waals surface area contributed by atoms with Crippen molar-refractivity contribution >= 4 is 50.5 Å². The zero-order valence-corrected chi connectivity index (χ0v) is 17.6. The molecule has 0 atom stereocenters. The van der Waals surface area contributed by atoms with Gasteiger partial charge in [-0.25, -0.2) is 8.42 Å². The van der Waals surface area contributed by atoms with Gasteiger partial charge in [-0.3, -0.25) is 4.79 Å². The van der Waals surface area contributed by atoms with E-state index in [2.05, 4.69) is 5.32 Å². The molecule has 9 heteroatoms. The number of thiophene rings is 1. The lowest BCUT2D eigenvalue weighted by molar-refractivity contribution is -0.120. The molecule has 0 aliphatic carbocycles. The number of nitrogens with one attached hydrogen (secondary N) is 1. The van der Waals surface area contributed by atoms with Crippen LogP contribution in [0.3, 0.4) is 0 Å². The van der Waals surface area contributed by atoms with Crippen molar-refractivity contribution in [3.05, 3.63) is 50.8 Å². The third-order valence-electron chi connectivity index (χ3n) is 3.80. The maximum atomic E-state index is 12.5. The molecule has 1 amide bonds. The molecule has 0 unspecified atom stereocenters. The first-order chi connectivity index (χ1) is 12.3. The highest BCUT2D eigenvalue weighted by atomic mass is 35.5. The van der Waals surface area contributed by atoms with Crippen LogP contribution in [0.4, 0.5) is 0 Å². The number of amides is 1. The number of benzene rings is 1. The summed E-state index contributed by atoms with van der Waals surface area (Å²) in [5.74, 6) is -0.235. The van der Waals surface area contributed by atoms with Crippen LogP contribution in [0.25, 0.3) is 0 Å². The van der Waals surface area contributed by atoms with Crippen LogP contribution in [0, 0.1) is 0 Å². The molecule has 5 nitrogen and oxygen atoms in total. The van der Waals surface area contributed by atoms with Crippen LogP contribution in [0.1, 0.15) is 24.3 Å². The minimum Gasteiger partial charge on any atom is -0.351 e. The molecule has 1 aromatic carbocycles. The molecule has 1 heterocycles. The fourth-order valence-electron chi connectivity index (χ4n) is 2.39. The quantitative estimate of drug-likeness (QED) is 0.683. The Bertz CT molecular complexity index is 858. The zero-order chi connectivity index (χ0) is 19.3. The van der Waals surface area contributed by atoms with Gasteiger partial charge in [0.25, 0.3) is 10.0 Å². The number of carbonyl (C=O) groups excluding carboxylic acids is 1. The summed E-state index contributed by atoms with van der Waals surface area (Å²) in [4.78, 5) is 12.9. The van der Waals surface area contributed by atoms with Crippen molar-refractivity contribution in [2.24, 2.45) is 0 Å².